The molecule has 1 aromatic heterocycles. The molecule has 1 aliphatic heterocycles. The Hall–Kier alpha value is -3.80. The van der Waals surface area contributed by atoms with Gasteiger partial charge in [0.05, 0.1) is 36.6 Å². The average molecular weight is 547 g/mol. The lowest BCUT2D eigenvalue weighted by atomic mass is 10.2. The van der Waals surface area contributed by atoms with Gasteiger partial charge in [0.25, 0.3) is 5.56 Å². The number of aliphatic hydroxyl groups is 1. The standard InChI is InChI=1S/C26H25ClF2N4O5/c1-15-9-22(38-13-16-3-4-17(28)10-19(16)29)25(27)26(37)33(15)18-5-6-20-21(11-18)32(23(35)7-8-34)14-31(20)24(36)12-30-2/h3-6,9-11,30,34H,7-8,12-14H2,1-2H3. The Balaban J connectivity index is 1.70. The molecule has 0 radical (unpaired) electrons. The van der Waals surface area contributed by atoms with Crippen LogP contribution in [0.3, 0.4) is 0 Å². The Labute approximate surface area is 221 Å². The van der Waals surface area contributed by atoms with Crippen LogP contribution in [-0.2, 0) is 16.2 Å². The van der Waals surface area contributed by atoms with Gasteiger partial charge in [-0.25, -0.2) is 8.78 Å². The maximum absolute atomic E-state index is 14.0. The van der Waals surface area contributed by atoms with Gasteiger partial charge in [0.15, 0.2) is 0 Å². The Bertz CT molecular complexity index is 1460. The van der Waals surface area contributed by atoms with Crippen LogP contribution < -0.4 is 25.4 Å². The first kappa shape index (κ1) is 27.2. The van der Waals surface area contributed by atoms with Crippen molar-refractivity contribution in [3.63, 3.8) is 0 Å². The Morgan fingerprint density at radius 3 is 2.50 bits per heavy atom. The van der Waals surface area contributed by atoms with Crippen LogP contribution in [0.1, 0.15) is 17.7 Å². The van der Waals surface area contributed by atoms with Crippen LogP contribution in [0.5, 0.6) is 5.75 Å². The number of hydrogen-bond donors (Lipinski definition) is 2. The number of fused-ring (bicyclic) bond motifs is 1. The molecule has 0 bridgehead atoms. The topological polar surface area (TPSA) is 104 Å². The van der Waals surface area contributed by atoms with E-state index in [-0.39, 0.29) is 61.0 Å². The third-order valence-electron chi connectivity index (χ3n) is 6.04. The molecular weight excluding hydrogens is 522 g/mol. The minimum absolute atomic E-state index is 0.0267. The summed E-state index contributed by atoms with van der Waals surface area (Å²) in [6, 6.07) is 9.43. The van der Waals surface area contributed by atoms with E-state index in [1.807, 2.05) is 0 Å². The number of aliphatic hydroxyl groups excluding tert-OH is 1. The van der Waals surface area contributed by atoms with Crippen molar-refractivity contribution in [2.75, 3.05) is 36.7 Å². The fraction of sp³-hybridized carbons (Fsp3) is 0.269. The van der Waals surface area contributed by atoms with Crippen LogP contribution in [0.4, 0.5) is 20.2 Å². The number of nitrogens with zero attached hydrogens (tertiary/aromatic N) is 3. The molecule has 2 aromatic carbocycles. The molecule has 2 heterocycles. The van der Waals surface area contributed by atoms with Gasteiger partial charge < -0.3 is 15.2 Å². The highest BCUT2D eigenvalue weighted by molar-refractivity contribution is 6.31. The molecule has 9 nitrogen and oxygen atoms in total. The second-order valence-electron chi connectivity index (χ2n) is 8.59. The van der Waals surface area contributed by atoms with Crippen molar-refractivity contribution in [1.82, 2.24) is 9.88 Å². The summed E-state index contributed by atoms with van der Waals surface area (Å²) in [5.74, 6) is -2.12. The summed E-state index contributed by atoms with van der Waals surface area (Å²) < 4.78 is 34.0. The van der Waals surface area contributed by atoms with Crippen LogP contribution >= 0.6 is 11.6 Å². The van der Waals surface area contributed by atoms with Crippen molar-refractivity contribution in [3.8, 4) is 11.4 Å². The molecule has 2 N–H and O–H groups in total. The summed E-state index contributed by atoms with van der Waals surface area (Å²) in [5.41, 5.74) is 1.18. The van der Waals surface area contributed by atoms with Gasteiger partial charge in [-0.3, -0.25) is 28.8 Å². The Morgan fingerprint density at radius 2 is 1.82 bits per heavy atom. The van der Waals surface area contributed by atoms with E-state index in [1.165, 1.54) is 26.5 Å². The first-order valence-electron chi connectivity index (χ1n) is 11.7. The van der Waals surface area contributed by atoms with E-state index in [4.69, 9.17) is 16.3 Å². The number of ether oxygens (including phenoxy) is 1. The third kappa shape index (κ3) is 5.26. The first-order chi connectivity index (χ1) is 18.2. The normalized spacial score (nSPS) is 12.6. The number of rotatable bonds is 8. The van der Waals surface area contributed by atoms with E-state index in [1.54, 1.807) is 32.2 Å². The predicted octanol–water partition coefficient (Wildman–Crippen LogP) is 2.90. The minimum Gasteiger partial charge on any atom is -0.487 e. The van der Waals surface area contributed by atoms with Crippen molar-refractivity contribution < 1.29 is 28.2 Å². The van der Waals surface area contributed by atoms with E-state index in [2.05, 4.69) is 5.32 Å². The van der Waals surface area contributed by atoms with Gasteiger partial charge in [-0.1, -0.05) is 11.6 Å². The Kier molecular flexibility index (Phi) is 8.10. The largest absolute Gasteiger partial charge is 0.487 e. The van der Waals surface area contributed by atoms with Crippen LogP contribution in [-0.4, -0.2) is 48.4 Å². The van der Waals surface area contributed by atoms with E-state index in [0.29, 0.717) is 22.8 Å². The minimum atomic E-state index is -0.785. The highest BCUT2D eigenvalue weighted by Crippen LogP contribution is 2.38. The molecule has 1 aliphatic rings. The van der Waals surface area contributed by atoms with Crippen molar-refractivity contribution >= 4 is 34.8 Å². The predicted molar refractivity (Wildman–Crippen MR) is 138 cm³/mol. The summed E-state index contributed by atoms with van der Waals surface area (Å²) in [5, 5.41) is 11.8. The van der Waals surface area contributed by atoms with Crippen molar-refractivity contribution in [2.24, 2.45) is 0 Å². The number of carbonyl (C=O) groups excluding carboxylic acids is 2. The number of aryl methyl sites for hydroxylation is 1. The maximum atomic E-state index is 14.0. The fourth-order valence-corrected chi connectivity index (χ4v) is 4.39. The highest BCUT2D eigenvalue weighted by Gasteiger charge is 2.33. The molecule has 200 valence electrons. The van der Waals surface area contributed by atoms with Crippen LogP contribution in [0.15, 0.2) is 47.3 Å². The van der Waals surface area contributed by atoms with E-state index >= 15 is 0 Å². The summed E-state index contributed by atoms with van der Waals surface area (Å²) in [6.45, 7) is 1.05. The van der Waals surface area contributed by atoms with Crippen LogP contribution in [0.2, 0.25) is 5.02 Å². The van der Waals surface area contributed by atoms with Gasteiger partial charge in [-0.05, 0) is 44.3 Å². The van der Waals surface area contributed by atoms with Gasteiger partial charge in [-0.15, -0.1) is 0 Å². The highest BCUT2D eigenvalue weighted by atomic mass is 35.5. The molecule has 0 saturated carbocycles. The number of amides is 2. The van der Waals surface area contributed by atoms with E-state index in [9.17, 15) is 28.3 Å². The lowest BCUT2D eigenvalue weighted by Gasteiger charge is -2.19. The zero-order chi connectivity index (χ0) is 27.6. The fourth-order valence-electron chi connectivity index (χ4n) is 4.19. The van der Waals surface area contributed by atoms with E-state index in [0.717, 1.165) is 12.1 Å². The van der Waals surface area contributed by atoms with Gasteiger partial charge in [0.2, 0.25) is 11.8 Å². The molecule has 38 heavy (non-hydrogen) atoms. The number of carbonyl (C=O) groups is 2. The zero-order valence-corrected chi connectivity index (χ0v) is 21.4. The number of nitrogens with one attached hydrogen (secondary N) is 1. The molecule has 3 aromatic rings. The molecule has 0 unspecified atom stereocenters. The molecule has 0 aliphatic carbocycles. The smallest absolute Gasteiger partial charge is 0.277 e. The molecule has 0 atom stereocenters. The van der Waals surface area contributed by atoms with Gasteiger partial charge in [-0.2, -0.15) is 0 Å². The van der Waals surface area contributed by atoms with Crippen molar-refractivity contribution in [1.29, 1.82) is 0 Å². The number of halogens is 3. The third-order valence-corrected chi connectivity index (χ3v) is 6.38. The van der Waals surface area contributed by atoms with E-state index < -0.39 is 17.2 Å². The number of hydrogen-bond acceptors (Lipinski definition) is 6. The Morgan fingerprint density at radius 1 is 1.08 bits per heavy atom. The summed E-state index contributed by atoms with van der Waals surface area (Å²) in [7, 11) is 1.63. The summed E-state index contributed by atoms with van der Waals surface area (Å²) >= 11 is 6.32. The quantitative estimate of drug-likeness (QED) is 0.450. The second kappa shape index (κ2) is 11.3. The number of anilines is 2. The van der Waals surface area contributed by atoms with Crippen LogP contribution in [0, 0.1) is 18.6 Å². The number of pyridine rings is 1. The number of likely N-dealkylation sites (N-methyl/N-ethyl adjacent to an activating group) is 1. The van der Waals surface area contributed by atoms with Gasteiger partial charge in [0, 0.05) is 23.4 Å². The van der Waals surface area contributed by atoms with Crippen molar-refractivity contribution in [3.05, 3.63) is 80.7 Å². The second-order valence-corrected chi connectivity index (χ2v) is 8.97. The number of benzene rings is 2. The van der Waals surface area contributed by atoms with Crippen molar-refractivity contribution in [2.45, 2.75) is 20.0 Å². The molecule has 0 fully saturated rings. The SMILES string of the molecule is CNCC(=O)N1CN(C(=O)CCO)c2cc(-n3c(C)cc(OCc4ccc(F)cc4F)c(Cl)c3=O)ccc21. The molecular formula is C26H25ClF2N4O5. The monoisotopic (exact) mass is 546 g/mol. The van der Waals surface area contributed by atoms with Crippen LogP contribution in [0.25, 0.3) is 5.69 Å². The molecule has 0 spiro atoms. The zero-order valence-electron chi connectivity index (χ0n) is 20.6. The summed E-state index contributed by atoms with van der Waals surface area (Å²) in [4.78, 5) is 41.4. The average Bonchev–Trinajstić information content (AvgIpc) is 3.26. The lowest BCUT2D eigenvalue weighted by Crippen LogP contribution is -2.41. The molecule has 4 rings (SSSR count). The maximum Gasteiger partial charge on any atom is 0.277 e. The molecule has 2 amide bonds. The molecule has 0 saturated heterocycles. The van der Waals surface area contributed by atoms with Gasteiger partial charge >= 0.3 is 0 Å². The summed E-state index contributed by atoms with van der Waals surface area (Å²) in [6.07, 6.45) is -0.136. The lowest BCUT2D eigenvalue weighted by molar-refractivity contribution is -0.119. The first-order valence-corrected chi connectivity index (χ1v) is 12.0. The molecule has 12 heteroatoms. The van der Waals surface area contributed by atoms with Gasteiger partial charge in [0.1, 0.15) is 35.7 Å². The number of aromatic nitrogens is 1.